The zero-order valence-electron chi connectivity index (χ0n) is 19.3. The van der Waals surface area contributed by atoms with E-state index in [1.807, 2.05) is 60.8 Å². The average Bonchev–Trinajstić information content (AvgIpc) is 3.43. The number of hydrogen-bond acceptors (Lipinski definition) is 4. The van der Waals surface area contributed by atoms with Gasteiger partial charge < -0.3 is 24.3 Å². The fourth-order valence-corrected chi connectivity index (χ4v) is 4.96. The minimum atomic E-state index is -0.158. The first kappa shape index (κ1) is 22.0. The monoisotopic (exact) mass is 470 g/mol. The summed E-state index contributed by atoms with van der Waals surface area (Å²) in [4.78, 5) is 6.81. The summed E-state index contributed by atoms with van der Waals surface area (Å²) in [6, 6.07) is 26.0. The number of rotatable bonds is 6. The highest BCUT2D eigenvalue weighted by molar-refractivity contribution is 7.80. The number of anilines is 1. The second kappa shape index (κ2) is 9.19. The van der Waals surface area contributed by atoms with Crippen molar-refractivity contribution in [3.8, 4) is 17.2 Å². The fraction of sp³-hybridized carbons (Fsp3) is 0.185. The summed E-state index contributed by atoms with van der Waals surface area (Å²) in [5, 5.41) is 4.16. The number of thiocarbonyl (C=S) groups is 1. The van der Waals surface area contributed by atoms with E-state index < -0.39 is 0 Å². The van der Waals surface area contributed by atoms with E-state index in [9.17, 15) is 0 Å². The van der Waals surface area contributed by atoms with Gasteiger partial charge in [-0.05, 0) is 79.8 Å². The van der Waals surface area contributed by atoms with Crippen LogP contribution in [0.2, 0.25) is 0 Å². The van der Waals surface area contributed by atoms with Gasteiger partial charge in [-0.25, -0.2) is 0 Å². The molecule has 2 atom stereocenters. The molecule has 0 saturated carbocycles. The lowest BCUT2D eigenvalue weighted by Gasteiger charge is -2.30. The third kappa shape index (κ3) is 3.78. The predicted molar refractivity (Wildman–Crippen MR) is 138 cm³/mol. The molecular weight excluding hydrogens is 444 g/mol. The Morgan fingerprint density at radius 2 is 1.65 bits per heavy atom. The van der Waals surface area contributed by atoms with E-state index in [-0.39, 0.29) is 12.1 Å². The van der Waals surface area contributed by atoms with Crippen molar-refractivity contribution < 1.29 is 9.47 Å². The van der Waals surface area contributed by atoms with Crippen molar-refractivity contribution in [3.63, 3.8) is 0 Å². The number of para-hydroxylation sites is 2. The minimum absolute atomic E-state index is 0.148. The molecule has 0 unspecified atom stereocenters. The molecule has 6 nitrogen and oxygen atoms in total. The molecule has 1 fully saturated rings. The van der Waals surface area contributed by atoms with E-state index in [2.05, 4.69) is 51.0 Å². The summed E-state index contributed by atoms with van der Waals surface area (Å²) in [6.07, 6.45) is 1.82. The average molecular weight is 471 g/mol. The third-order valence-corrected chi connectivity index (χ3v) is 6.50. The Bertz CT molecular complexity index is 1300. The van der Waals surface area contributed by atoms with Gasteiger partial charge >= 0.3 is 0 Å². The van der Waals surface area contributed by atoms with Crippen molar-refractivity contribution in [2.75, 3.05) is 19.1 Å². The molecule has 172 valence electrons. The maximum atomic E-state index is 5.89. The van der Waals surface area contributed by atoms with Crippen molar-refractivity contribution in [1.29, 1.82) is 0 Å². The van der Waals surface area contributed by atoms with E-state index in [4.69, 9.17) is 21.7 Å². The van der Waals surface area contributed by atoms with Gasteiger partial charge in [0.05, 0.1) is 31.6 Å². The number of nitrogens with one attached hydrogen (secondary N) is 1. The molecule has 0 radical (unpaired) electrons. The second-order valence-corrected chi connectivity index (χ2v) is 8.49. The van der Waals surface area contributed by atoms with Crippen LogP contribution in [0.25, 0.3) is 5.69 Å². The highest BCUT2D eigenvalue weighted by Crippen LogP contribution is 2.45. The molecule has 4 aromatic rings. The molecular formula is C27H26N4O2S. The maximum absolute atomic E-state index is 5.89. The van der Waals surface area contributed by atoms with E-state index in [0.717, 1.165) is 40.0 Å². The number of ether oxygens (including phenoxy) is 2. The van der Waals surface area contributed by atoms with Gasteiger partial charge in [0.1, 0.15) is 17.5 Å². The first-order valence-corrected chi connectivity index (χ1v) is 11.5. The largest absolute Gasteiger partial charge is 0.497 e. The van der Waals surface area contributed by atoms with Crippen molar-refractivity contribution in [2.24, 2.45) is 0 Å². The molecule has 0 spiro atoms. The van der Waals surface area contributed by atoms with Gasteiger partial charge in [0.15, 0.2) is 5.11 Å². The standard InChI is InChI=1S/C27H26N4O2S/c1-18-11-16-23(30(18)19-12-14-20(32-2)15-13-19)26-25(21-8-6-7-17-28-21)29-27(34)31(26)22-9-4-5-10-24(22)33-3/h4-17,25-26H,1-3H3,(H,29,34)/t25-,26+/m1/s1. The number of benzene rings is 2. The van der Waals surface area contributed by atoms with Crippen LogP contribution in [0, 0.1) is 6.92 Å². The summed E-state index contributed by atoms with van der Waals surface area (Å²) in [6.45, 7) is 2.11. The highest BCUT2D eigenvalue weighted by atomic mass is 32.1. The number of pyridine rings is 1. The normalized spacial score (nSPS) is 17.5. The molecule has 5 rings (SSSR count). The zero-order valence-corrected chi connectivity index (χ0v) is 20.1. The molecule has 1 saturated heterocycles. The Balaban J connectivity index is 1.70. The molecule has 1 aliphatic heterocycles. The van der Waals surface area contributed by atoms with Gasteiger partial charge in [-0.1, -0.05) is 18.2 Å². The lowest BCUT2D eigenvalue weighted by Crippen LogP contribution is -2.30. The van der Waals surface area contributed by atoms with Crippen molar-refractivity contribution in [1.82, 2.24) is 14.9 Å². The number of aromatic nitrogens is 2. The highest BCUT2D eigenvalue weighted by Gasteiger charge is 2.43. The van der Waals surface area contributed by atoms with Crippen molar-refractivity contribution in [2.45, 2.75) is 19.0 Å². The Labute approximate surface area is 204 Å². The third-order valence-electron chi connectivity index (χ3n) is 6.18. The molecule has 0 aliphatic carbocycles. The summed E-state index contributed by atoms with van der Waals surface area (Å²) in [7, 11) is 3.36. The van der Waals surface area contributed by atoms with Gasteiger partial charge in [0.25, 0.3) is 0 Å². The molecule has 1 aliphatic rings. The van der Waals surface area contributed by atoms with E-state index in [0.29, 0.717) is 5.11 Å². The summed E-state index contributed by atoms with van der Waals surface area (Å²) in [5.41, 5.74) is 5.10. The summed E-state index contributed by atoms with van der Waals surface area (Å²) in [5.74, 6) is 1.58. The second-order valence-electron chi connectivity index (χ2n) is 8.10. The lowest BCUT2D eigenvalue weighted by molar-refractivity contribution is 0.414. The zero-order chi connectivity index (χ0) is 23.7. The SMILES string of the molecule is COc1ccc(-n2c(C)ccc2[C@H]2[C@@H](c3ccccn3)NC(=S)N2c2ccccc2OC)cc1. The van der Waals surface area contributed by atoms with Gasteiger partial charge in [-0.3, -0.25) is 4.98 Å². The van der Waals surface area contributed by atoms with Gasteiger partial charge in [0, 0.05) is 23.3 Å². The van der Waals surface area contributed by atoms with Crippen molar-refractivity contribution >= 4 is 23.0 Å². The van der Waals surface area contributed by atoms with E-state index in [1.165, 1.54) is 0 Å². The lowest BCUT2D eigenvalue weighted by atomic mass is 10.0. The smallest absolute Gasteiger partial charge is 0.174 e. The Hall–Kier alpha value is -3.84. The molecule has 2 aromatic heterocycles. The molecule has 0 bridgehead atoms. The summed E-state index contributed by atoms with van der Waals surface area (Å²) < 4.78 is 13.3. The Morgan fingerprint density at radius 1 is 0.882 bits per heavy atom. The number of methoxy groups -OCH3 is 2. The van der Waals surface area contributed by atoms with Crippen LogP contribution in [0.3, 0.4) is 0 Å². The van der Waals surface area contributed by atoms with Crippen LogP contribution < -0.4 is 19.7 Å². The van der Waals surface area contributed by atoms with Crippen LogP contribution in [0.1, 0.15) is 29.2 Å². The molecule has 34 heavy (non-hydrogen) atoms. The topological polar surface area (TPSA) is 51.5 Å². The molecule has 2 aromatic carbocycles. The Morgan fingerprint density at radius 3 is 2.35 bits per heavy atom. The van der Waals surface area contributed by atoms with Crippen LogP contribution in [0.5, 0.6) is 11.5 Å². The van der Waals surface area contributed by atoms with Gasteiger partial charge in [0.2, 0.25) is 0 Å². The maximum Gasteiger partial charge on any atom is 0.174 e. The molecule has 7 heteroatoms. The minimum Gasteiger partial charge on any atom is -0.497 e. The fourth-order valence-electron chi connectivity index (χ4n) is 4.62. The van der Waals surface area contributed by atoms with Crippen molar-refractivity contribution in [3.05, 3.63) is 102 Å². The number of aryl methyl sites for hydroxylation is 1. The predicted octanol–water partition coefficient (Wildman–Crippen LogP) is 5.38. The van der Waals surface area contributed by atoms with E-state index >= 15 is 0 Å². The van der Waals surface area contributed by atoms with Gasteiger partial charge in [-0.2, -0.15) is 0 Å². The number of hydrogen-bond donors (Lipinski definition) is 1. The van der Waals surface area contributed by atoms with E-state index in [1.54, 1.807) is 14.2 Å². The van der Waals surface area contributed by atoms with Crippen LogP contribution in [-0.2, 0) is 0 Å². The first-order chi connectivity index (χ1) is 16.6. The first-order valence-electron chi connectivity index (χ1n) is 11.1. The quantitative estimate of drug-likeness (QED) is 0.382. The van der Waals surface area contributed by atoms with Crippen LogP contribution in [0.4, 0.5) is 5.69 Å². The van der Waals surface area contributed by atoms with Crippen LogP contribution in [0.15, 0.2) is 85.1 Å². The molecule has 3 heterocycles. The van der Waals surface area contributed by atoms with Crippen LogP contribution >= 0.6 is 12.2 Å². The summed E-state index contributed by atoms with van der Waals surface area (Å²) >= 11 is 5.89. The Kier molecular flexibility index (Phi) is 5.94. The molecule has 1 N–H and O–H groups in total. The van der Waals surface area contributed by atoms with Crippen LogP contribution in [-0.4, -0.2) is 28.9 Å². The molecule has 0 amide bonds. The van der Waals surface area contributed by atoms with Gasteiger partial charge in [-0.15, -0.1) is 0 Å². The number of nitrogens with zero attached hydrogens (tertiary/aromatic N) is 3.